The molecule has 0 aliphatic carbocycles. The predicted octanol–water partition coefficient (Wildman–Crippen LogP) is 0.360. The minimum atomic E-state index is -3.87. The van der Waals surface area contributed by atoms with Crippen molar-refractivity contribution in [2.45, 2.75) is 30.0 Å². The zero-order valence-electron chi connectivity index (χ0n) is 14.3. The molecule has 3 heterocycles. The summed E-state index contributed by atoms with van der Waals surface area (Å²) in [6, 6.07) is 2.12. The van der Waals surface area contributed by atoms with Crippen LogP contribution in [0.5, 0.6) is 0 Å². The monoisotopic (exact) mass is 365 g/mol. The first kappa shape index (κ1) is 17.4. The summed E-state index contributed by atoms with van der Waals surface area (Å²) in [5.41, 5.74) is 1.35. The van der Waals surface area contributed by atoms with E-state index in [1.807, 2.05) is 19.0 Å². The van der Waals surface area contributed by atoms with Gasteiger partial charge < -0.3 is 14.9 Å². The van der Waals surface area contributed by atoms with Gasteiger partial charge in [-0.25, -0.2) is 13.2 Å². The minimum Gasteiger partial charge on any atom is -0.480 e. The number of hydrogen-bond donors (Lipinski definition) is 1. The standard InChI is InChI=1S/C16H19N3O5S/c1-16(2)12(15(21)22)19-13(20)11(14(19)25(16,23)24)8-9-7-10(18(3)4)5-6-17-9/h5-8,12,14H,1-4H3,(H,21,22)/b11-8-/t12-,14?/m0/s1. The summed E-state index contributed by atoms with van der Waals surface area (Å²) in [4.78, 5) is 30.9. The van der Waals surface area contributed by atoms with Crippen molar-refractivity contribution in [3.8, 4) is 0 Å². The Morgan fingerprint density at radius 3 is 2.60 bits per heavy atom. The van der Waals surface area contributed by atoms with Gasteiger partial charge in [0, 0.05) is 26.0 Å². The lowest BCUT2D eigenvalue weighted by Crippen LogP contribution is -2.58. The molecule has 2 fully saturated rings. The van der Waals surface area contributed by atoms with Gasteiger partial charge in [-0.05, 0) is 32.1 Å². The van der Waals surface area contributed by atoms with Crippen LogP contribution in [0.4, 0.5) is 5.69 Å². The van der Waals surface area contributed by atoms with Gasteiger partial charge in [-0.3, -0.25) is 9.78 Å². The molecule has 0 aromatic carbocycles. The molecule has 9 heteroatoms. The molecule has 2 atom stereocenters. The van der Waals surface area contributed by atoms with Crippen LogP contribution < -0.4 is 4.90 Å². The van der Waals surface area contributed by atoms with Gasteiger partial charge in [0.2, 0.25) is 0 Å². The average Bonchev–Trinajstić information content (AvgIpc) is 2.66. The van der Waals surface area contributed by atoms with Crippen molar-refractivity contribution in [1.82, 2.24) is 9.88 Å². The first-order valence-corrected chi connectivity index (χ1v) is 9.18. The van der Waals surface area contributed by atoms with E-state index in [4.69, 9.17) is 0 Å². The quantitative estimate of drug-likeness (QED) is 0.608. The molecule has 1 aromatic rings. The number of carboxylic acids is 1. The number of anilines is 1. The molecule has 2 aliphatic rings. The SMILES string of the molecule is CN(C)c1ccnc(/C=C2/C(=O)N3C2S(=O)(=O)C(C)(C)[C@@H]3C(=O)O)c1. The van der Waals surface area contributed by atoms with E-state index in [0.717, 1.165) is 10.6 Å². The zero-order chi connectivity index (χ0) is 18.7. The molecule has 0 spiro atoms. The Morgan fingerprint density at radius 1 is 1.40 bits per heavy atom. The van der Waals surface area contributed by atoms with E-state index in [2.05, 4.69) is 4.98 Å². The highest BCUT2D eigenvalue weighted by Crippen LogP contribution is 2.48. The first-order valence-electron chi connectivity index (χ1n) is 7.64. The number of hydrogen-bond acceptors (Lipinski definition) is 6. The number of aliphatic carboxylic acids is 1. The third kappa shape index (κ3) is 2.25. The lowest BCUT2D eigenvalue weighted by Gasteiger charge is -2.37. The third-order valence-electron chi connectivity index (χ3n) is 4.78. The van der Waals surface area contributed by atoms with Crippen LogP contribution in [0.3, 0.4) is 0 Å². The van der Waals surface area contributed by atoms with Crippen molar-refractivity contribution in [3.05, 3.63) is 29.6 Å². The number of β-lactam (4-membered cyclic amide) rings is 1. The Labute approximate surface area is 145 Å². The van der Waals surface area contributed by atoms with Gasteiger partial charge >= 0.3 is 5.97 Å². The van der Waals surface area contributed by atoms with Crippen LogP contribution in [0.25, 0.3) is 6.08 Å². The van der Waals surface area contributed by atoms with Gasteiger partial charge in [0.1, 0.15) is 4.75 Å². The Bertz CT molecular complexity index is 904. The fourth-order valence-corrected chi connectivity index (χ4v) is 5.42. The highest BCUT2D eigenvalue weighted by atomic mass is 32.2. The van der Waals surface area contributed by atoms with E-state index >= 15 is 0 Å². The zero-order valence-corrected chi connectivity index (χ0v) is 15.1. The summed E-state index contributed by atoms with van der Waals surface area (Å²) in [5, 5.41) is 8.16. The second kappa shape index (κ2) is 5.29. The number of pyridine rings is 1. The van der Waals surface area contributed by atoms with E-state index in [9.17, 15) is 23.1 Å². The van der Waals surface area contributed by atoms with Crippen molar-refractivity contribution in [2.24, 2.45) is 0 Å². The van der Waals surface area contributed by atoms with Crippen LogP contribution in [0.1, 0.15) is 19.5 Å². The van der Waals surface area contributed by atoms with Crippen molar-refractivity contribution in [2.75, 3.05) is 19.0 Å². The molecule has 134 valence electrons. The van der Waals surface area contributed by atoms with Crippen LogP contribution in [0.2, 0.25) is 0 Å². The second-order valence-corrected chi connectivity index (χ2v) is 9.48. The number of sulfone groups is 1. The third-order valence-corrected chi connectivity index (χ3v) is 7.54. The van der Waals surface area contributed by atoms with E-state index < -0.39 is 37.9 Å². The highest BCUT2D eigenvalue weighted by Gasteiger charge is 2.70. The van der Waals surface area contributed by atoms with Crippen LogP contribution in [-0.4, -0.2) is 65.5 Å². The summed E-state index contributed by atoms with van der Waals surface area (Å²) >= 11 is 0. The summed E-state index contributed by atoms with van der Waals surface area (Å²) in [6.07, 6.45) is 2.99. The maximum Gasteiger partial charge on any atom is 0.328 e. The van der Waals surface area contributed by atoms with Gasteiger partial charge in [0.05, 0.1) is 11.3 Å². The largest absolute Gasteiger partial charge is 0.480 e. The second-order valence-electron chi connectivity index (χ2n) is 6.89. The maximum absolute atomic E-state index is 12.8. The van der Waals surface area contributed by atoms with Crippen LogP contribution in [-0.2, 0) is 19.4 Å². The normalized spacial score (nSPS) is 27.8. The highest BCUT2D eigenvalue weighted by molar-refractivity contribution is 7.94. The first-order chi connectivity index (χ1) is 11.5. The average molecular weight is 365 g/mol. The molecule has 8 nitrogen and oxygen atoms in total. The topological polar surface area (TPSA) is 108 Å². The molecule has 1 aromatic heterocycles. The molecule has 1 N–H and O–H groups in total. The number of amides is 1. The van der Waals surface area contributed by atoms with Gasteiger partial charge in [0.25, 0.3) is 5.91 Å². The van der Waals surface area contributed by atoms with E-state index in [1.54, 1.807) is 18.3 Å². The maximum atomic E-state index is 12.8. The molecule has 0 radical (unpaired) electrons. The molecule has 3 rings (SSSR count). The molecular weight excluding hydrogens is 346 g/mol. The van der Waals surface area contributed by atoms with Crippen molar-refractivity contribution < 1.29 is 23.1 Å². The van der Waals surface area contributed by atoms with Gasteiger partial charge in [-0.15, -0.1) is 0 Å². The van der Waals surface area contributed by atoms with Crippen LogP contribution in [0.15, 0.2) is 23.9 Å². The number of nitrogens with zero attached hydrogens (tertiary/aromatic N) is 3. The number of carboxylic acid groups (broad SMARTS) is 1. The van der Waals surface area contributed by atoms with Gasteiger partial charge in [-0.1, -0.05) is 0 Å². The number of fused-ring (bicyclic) bond motifs is 1. The number of aromatic nitrogens is 1. The molecule has 25 heavy (non-hydrogen) atoms. The predicted molar refractivity (Wildman–Crippen MR) is 91.6 cm³/mol. The van der Waals surface area contributed by atoms with E-state index in [1.165, 1.54) is 19.9 Å². The lowest BCUT2D eigenvalue weighted by atomic mass is 9.95. The number of rotatable bonds is 3. The minimum absolute atomic E-state index is 0.0558. The number of carbonyl (C=O) groups excluding carboxylic acids is 1. The summed E-state index contributed by atoms with van der Waals surface area (Å²) in [6.45, 7) is 2.69. The lowest BCUT2D eigenvalue weighted by molar-refractivity contribution is -0.152. The molecule has 1 amide bonds. The Morgan fingerprint density at radius 2 is 2.04 bits per heavy atom. The fourth-order valence-electron chi connectivity index (χ4n) is 3.29. The smallest absolute Gasteiger partial charge is 0.328 e. The Hall–Kier alpha value is -2.42. The molecule has 2 saturated heterocycles. The van der Waals surface area contributed by atoms with E-state index in [-0.39, 0.29) is 5.57 Å². The Balaban J connectivity index is 2.07. The summed E-state index contributed by atoms with van der Waals surface area (Å²) < 4.78 is 24.0. The van der Waals surface area contributed by atoms with Crippen LogP contribution in [0, 0.1) is 0 Å². The van der Waals surface area contributed by atoms with Crippen LogP contribution >= 0.6 is 0 Å². The molecular formula is C16H19N3O5S. The molecule has 1 unspecified atom stereocenters. The molecule has 0 bridgehead atoms. The summed E-state index contributed by atoms with van der Waals surface area (Å²) in [5.74, 6) is -1.90. The Kier molecular flexibility index (Phi) is 3.68. The van der Waals surface area contributed by atoms with Gasteiger partial charge in [0.15, 0.2) is 21.3 Å². The van der Waals surface area contributed by atoms with Gasteiger partial charge in [-0.2, -0.15) is 0 Å². The molecule has 0 saturated carbocycles. The molecule has 2 aliphatic heterocycles. The summed E-state index contributed by atoms with van der Waals surface area (Å²) in [7, 11) is -0.169. The number of carbonyl (C=O) groups is 2. The van der Waals surface area contributed by atoms with E-state index in [0.29, 0.717) is 5.69 Å². The van der Waals surface area contributed by atoms with Crippen molar-refractivity contribution in [3.63, 3.8) is 0 Å². The van der Waals surface area contributed by atoms with Crippen molar-refractivity contribution in [1.29, 1.82) is 0 Å². The fraction of sp³-hybridized carbons (Fsp3) is 0.438. The van der Waals surface area contributed by atoms with Crippen molar-refractivity contribution >= 4 is 33.5 Å².